The summed E-state index contributed by atoms with van der Waals surface area (Å²) in [6.45, 7) is 3.77. The van der Waals surface area contributed by atoms with Crippen LogP contribution in [0.5, 0.6) is 0 Å². The maximum atomic E-state index is 11.8. The second-order valence-corrected chi connectivity index (χ2v) is 3.96. The van der Waals surface area contributed by atoms with Gasteiger partial charge in [0.05, 0.1) is 31.0 Å². The third-order valence-electron chi connectivity index (χ3n) is 2.40. The zero-order valence-electron chi connectivity index (χ0n) is 12.1. The monoisotopic (exact) mass is 293 g/mol. The van der Waals surface area contributed by atoms with E-state index in [0.29, 0.717) is 11.4 Å². The van der Waals surface area contributed by atoms with E-state index in [9.17, 15) is 9.59 Å². The topological polar surface area (TPSA) is 103 Å². The number of para-hydroxylation sites is 2. The minimum Gasteiger partial charge on any atom is -0.466 e. The number of anilines is 2. The molecular formula is C14H19N3O4. The van der Waals surface area contributed by atoms with Crippen LogP contribution in [0.15, 0.2) is 29.4 Å². The summed E-state index contributed by atoms with van der Waals surface area (Å²) in [5.41, 5.74) is 9.34. The summed E-state index contributed by atoms with van der Waals surface area (Å²) < 4.78 is 9.65. The molecule has 0 bridgehead atoms. The van der Waals surface area contributed by atoms with Crippen molar-refractivity contribution in [2.75, 3.05) is 24.4 Å². The number of ether oxygens (including phenoxy) is 2. The first kappa shape index (κ1) is 16.5. The number of nitrogens with one attached hydrogen (secondary N) is 1. The van der Waals surface area contributed by atoms with Crippen molar-refractivity contribution in [3.05, 3.63) is 24.3 Å². The van der Waals surface area contributed by atoms with Gasteiger partial charge in [0.1, 0.15) is 0 Å². The zero-order chi connectivity index (χ0) is 15.7. The molecule has 0 radical (unpaired) electrons. The number of nitrogen functional groups attached to an aromatic ring is 1. The quantitative estimate of drug-likeness (QED) is 0.342. The van der Waals surface area contributed by atoms with Crippen LogP contribution < -0.4 is 11.2 Å². The Labute approximate surface area is 123 Å². The number of carbonyl (C=O) groups is 2. The van der Waals surface area contributed by atoms with Gasteiger partial charge in [-0.1, -0.05) is 12.1 Å². The molecule has 1 aromatic carbocycles. The molecule has 0 atom stereocenters. The fraction of sp³-hybridized carbons (Fsp3) is 0.357. The minimum absolute atomic E-state index is 0.0708. The van der Waals surface area contributed by atoms with Gasteiger partial charge in [0.25, 0.3) is 0 Å². The van der Waals surface area contributed by atoms with Crippen molar-refractivity contribution < 1.29 is 19.1 Å². The maximum Gasteiger partial charge on any atom is 0.355 e. The van der Waals surface area contributed by atoms with Gasteiger partial charge in [-0.3, -0.25) is 10.2 Å². The first-order valence-electron chi connectivity index (χ1n) is 6.58. The molecule has 114 valence electrons. The Morgan fingerprint density at radius 2 is 1.86 bits per heavy atom. The molecule has 0 aliphatic heterocycles. The third kappa shape index (κ3) is 5.52. The lowest BCUT2D eigenvalue weighted by Gasteiger charge is -2.08. The SMILES string of the molecule is CCOC(=O)C/C(=N/Nc1ccccc1N)C(=O)OCC. The molecule has 0 aliphatic carbocycles. The molecule has 0 amide bonds. The number of nitrogens with zero attached hydrogens (tertiary/aromatic N) is 1. The molecule has 0 aliphatic rings. The first-order valence-corrected chi connectivity index (χ1v) is 6.58. The molecule has 0 fully saturated rings. The number of hydrazone groups is 1. The van der Waals surface area contributed by atoms with Crippen LogP contribution in [0.3, 0.4) is 0 Å². The second kappa shape index (κ2) is 8.57. The normalized spacial score (nSPS) is 10.9. The van der Waals surface area contributed by atoms with Gasteiger partial charge in [0.15, 0.2) is 5.71 Å². The van der Waals surface area contributed by atoms with Crippen LogP contribution in [-0.4, -0.2) is 30.9 Å². The summed E-state index contributed by atoms with van der Waals surface area (Å²) in [7, 11) is 0. The molecule has 0 unspecified atom stereocenters. The Balaban J connectivity index is 2.84. The summed E-state index contributed by atoms with van der Waals surface area (Å²) in [6, 6.07) is 6.93. The fourth-order valence-electron chi connectivity index (χ4n) is 1.45. The van der Waals surface area contributed by atoms with Gasteiger partial charge in [0, 0.05) is 0 Å². The van der Waals surface area contributed by atoms with Gasteiger partial charge in [-0.2, -0.15) is 5.10 Å². The van der Waals surface area contributed by atoms with E-state index in [2.05, 4.69) is 10.5 Å². The van der Waals surface area contributed by atoms with E-state index < -0.39 is 11.9 Å². The highest BCUT2D eigenvalue weighted by atomic mass is 16.5. The number of rotatable bonds is 7. The standard InChI is InChI=1S/C14H19N3O4/c1-3-20-13(18)9-12(14(19)21-4-2)17-16-11-8-6-5-7-10(11)15/h5-8,16H,3-4,9,15H2,1-2H3/b17-12-. The van der Waals surface area contributed by atoms with Crippen molar-refractivity contribution in [3.63, 3.8) is 0 Å². The molecule has 0 spiro atoms. The van der Waals surface area contributed by atoms with Crippen molar-refractivity contribution in [3.8, 4) is 0 Å². The lowest BCUT2D eigenvalue weighted by molar-refractivity contribution is -0.143. The van der Waals surface area contributed by atoms with E-state index in [1.54, 1.807) is 38.1 Å². The van der Waals surface area contributed by atoms with Crippen LogP contribution in [-0.2, 0) is 19.1 Å². The van der Waals surface area contributed by atoms with Crippen molar-refractivity contribution in [1.29, 1.82) is 0 Å². The molecule has 7 nitrogen and oxygen atoms in total. The molecule has 0 saturated heterocycles. The summed E-state index contributed by atoms with van der Waals surface area (Å²) in [5, 5.41) is 3.91. The highest BCUT2D eigenvalue weighted by molar-refractivity contribution is 6.39. The second-order valence-electron chi connectivity index (χ2n) is 3.96. The van der Waals surface area contributed by atoms with Gasteiger partial charge in [-0.15, -0.1) is 0 Å². The van der Waals surface area contributed by atoms with Gasteiger partial charge in [-0.05, 0) is 26.0 Å². The summed E-state index contributed by atoms with van der Waals surface area (Å²) >= 11 is 0. The van der Waals surface area contributed by atoms with E-state index in [1.807, 2.05) is 0 Å². The Morgan fingerprint density at radius 1 is 1.19 bits per heavy atom. The molecule has 21 heavy (non-hydrogen) atoms. The minimum atomic E-state index is -0.674. The number of carbonyl (C=O) groups excluding carboxylic acids is 2. The maximum absolute atomic E-state index is 11.8. The van der Waals surface area contributed by atoms with Crippen LogP contribution in [0, 0.1) is 0 Å². The van der Waals surface area contributed by atoms with E-state index in [1.165, 1.54) is 0 Å². The van der Waals surface area contributed by atoms with Crippen molar-refractivity contribution in [2.24, 2.45) is 5.10 Å². The predicted octanol–water partition coefficient (Wildman–Crippen LogP) is 1.55. The van der Waals surface area contributed by atoms with Gasteiger partial charge in [-0.25, -0.2) is 4.79 Å². The first-order chi connectivity index (χ1) is 10.1. The summed E-state index contributed by atoms with van der Waals surface area (Å²) in [6.07, 6.45) is -0.271. The highest BCUT2D eigenvalue weighted by Crippen LogP contribution is 2.16. The van der Waals surface area contributed by atoms with Crippen LogP contribution in [0.1, 0.15) is 20.3 Å². The molecule has 7 heteroatoms. The van der Waals surface area contributed by atoms with Crippen LogP contribution in [0.4, 0.5) is 11.4 Å². The number of hydrogen-bond acceptors (Lipinski definition) is 7. The Morgan fingerprint density at radius 3 is 2.48 bits per heavy atom. The van der Waals surface area contributed by atoms with E-state index >= 15 is 0 Å². The number of esters is 2. The number of hydrogen-bond donors (Lipinski definition) is 2. The summed E-state index contributed by atoms with van der Waals surface area (Å²) in [4.78, 5) is 23.2. The average molecular weight is 293 g/mol. The molecule has 1 rings (SSSR count). The molecule has 1 aromatic rings. The molecular weight excluding hydrogens is 274 g/mol. The van der Waals surface area contributed by atoms with E-state index in [4.69, 9.17) is 15.2 Å². The lowest BCUT2D eigenvalue weighted by Crippen LogP contribution is -2.23. The number of nitrogens with two attached hydrogens (primary N) is 1. The predicted molar refractivity (Wildman–Crippen MR) is 79.8 cm³/mol. The molecule has 3 N–H and O–H groups in total. The third-order valence-corrected chi connectivity index (χ3v) is 2.40. The van der Waals surface area contributed by atoms with Gasteiger partial charge >= 0.3 is 11.9 Å². The Hall–Kier alpha value is -2.57. The smallest absolute Gasteiger partial charge is 0.355 e. The fourth-order valence-corrected chi connectivity index (χ4v) is 1.45. The molecule has 0 heterocycles. The van der Waals surface area contributed by atoms with E-state index in [-0.39, 0.29) is 25.3 Å². The van der Waals surface area contributed by atoms with Gasteiger partial charge in [0.2, 0.25) is 0 Å². The lowest BCUT2D eigenvalue weighted by atomic mass is 10.2. The largest absolute Gasteiger partial charge is 0.466 e. The number of benzene rings is 1. The van der Waals surface area contributed by atoms with Crippen molar-refractivity contribution in [1.82, 2.24) is 0 Å². The van der Waals surface area contributed by atoms with Crippen molar-refractivity contribution >= 4 is 29.0 Å². The van der Waals surface area contributed by atoms with Crippen molar-refractivity contribution in [2.45, 2.75) is 20.3 Å². The van der Waals surface area contributed by atoms with E-state index in [0.717, 1.165) is 0 Å². The van der Waals surface area contributed by atoms with Crippen LogP contribution in [0.25, 0.3) is 0 Å². The average Bonchev–Trinajstić information content (AvgIpc) is 2.45. The summed E-state index contributed by atoms with van der Waals surface area (Å²) in [5.74, 6) is -1.22. The van der Waals surface area contributed by atoms with Crippen LogP contribution in [0.2, 0.25) is 0 Å². The Bertz CT molecular complexity index is 529. The zero-order valence-corrected chi connectivity index (χ0v) is 12.1. The van der Waals surface area contributed by atoms with Gasteiger partial charge < -0.3 is 15.2 Å². The molecule has 0 aromatic heterocycles. The van der Waals surface area contributed by atoms with Crippen LogP contribution >= 0.6 is 0 Å². The molecule has 0 saturated carbocycles. The highest BCUT2D eigenvalue weighted by Gasteiger charge is 2.18. The Kier molecular flexibility index (Phi) is 6.73.